The van der Waals surface area contributed by atoms with Crippen LogP contribution >= 0.6 is 0 Å². The predicted octanol–water partition coefficient (Wildman–Crippen LogP) is 5.08. The van der Waals surface area contributed by atoms with Gasteiger partial charge in [-0.05, 0) is 51.1 Å². The van der Waals surface area contributed by atoms with Gasteiger partial charge in [-0.25, -0.2) is 9.18 Å². The zero-order valence-electron chi connectivity index (χ0n) is 16.9. The Bertz CT molecular complexity index is 1130. The highest BCUT2D eigenvalue weighted by Gasteiger charge is 2.29. The van der Waals surface area contributed by atoms with E-state index >= 15 is 0 Å². The molecule has 164 valence electrons. The highest BCUT2D eigenvalue weighted by Crippen LogP contribution is 2.44. The largest absolute Gasteiger partial charge is 0.491 e. The molecular formula is C23H26FN3O4. The van der Waals surface area contributed by atoms with Gasteiger partial charge in [-0.1, -0.05) is 7.43 Å². The minimum Gasteiger partial charge on any atom is -0.491 e. The molecule has 3 N–H and O–H groups in total. The maximum atomic E-state index is 14.7. The number of aromatic nitrogens is 1. The number of hydrogen-bond donors (Lipinski definition) is 3. The number of rotatable bonds is 5. The minimum absolute atomic E-state index is 0. The molecule has 3 aromatic rings. The normalized spacial score (nSPS) is 12.3. The van der Waals surface area contributed by atoms with Gasteiger partial charge in [0.15, 0.2) is 0 Å². The molecule has 0 saturated carbocycles. The van der Waals surface area contributed by atoms with Gasteiger partial charge in [0.25, 0.3) is 5.91 Å². The molecule has 1 aliphatic heterocycles. The van der Waals surface area contributed by atoms with E-state index < -0.39 is 17.5 Å². The van der Waals surface area contributed by atoms with E-state index in [4.69, 9.17) is 9.47 Å². The first kappa shape index (κ1) is 22.1. The predicted molar refractivity (Wildman–Crippen MR) is 118 cm³/mol. The summed E-state index contributed by atoms with van der Waals surface area (Å²) in [4.78, 5) is 27.4. The minimum atomic E-state index is -0.601. The summed E-state index contributed by atoms with van der Waals surface area (Å²) in [7, 11) is 0. The van der Waals surface area contributed by atoms with Crippen LogP contribution in [0, 0.1) is 5.82 Å². The topological polar surface area (TPSA) is 92.4 Å². The fourth-order valence-electron chi connectivity index (χ4n) is 3.47. The number of nitrogens with one attached hydrogen (secondary N) is 3. The molecule has 0 fully saturated rings. The number of halogens is 1. The Hall–Kier alpha value is -3.55. The molecule has 31 heavy (non-hydrogen) atoms. The first-order valence-electron chi connectivity index (χ1n) is 9.58. The van der Waals surface area contributed by atoms with Crippen LogP contribution in [0.2, 0.25) is 0 Å². The van der Waals surface area contributed by atoms with Crippen molar-refractivity contribution in [3.63, 3.8) is 0 Å². The molecule has 2 aromatic carbocycles. The second-order valence-electron chi connectivity index (χ2n) is 7.96. The van der Waals surface area contributed by atoms with Crippen LogP contribution in [-0.2, 0) is 4.74 Å². The van der Waals surface area contributed by atoms with Crippen molar-refractivity contribution in [3.05, 3.63) is 47.9 Å². The van der Waals surface area contributed by atoms with Gasteiger partial charge in [0, 0.05) is 22.8 Å². The average Bonchev–Trinajstić information content (AvgIpc) is 3.30. The molecule has 0 bridgehead atoms. The smallest absolute Gasteiger partial charge is 0.407 e. The van der Waals surface area contributed by atoms with Crippen molar-refractivity contribution >= 4 is 28.5 Å². The summed E-state index contributed by atoms with van der Waals surface area (Å²) in [6, 6.07) is 8.13. The van der Waals surface area contributed by atoms with Gasteiger partial charge < -0.3 is 25.1 Å². The van der Waals surface area contributed by atoms with Crippen LogP contribution in [0.1, 0.15) is 38.6 Å². The van der Waals surface area contributed by atoms with Crippen LogP contribution in [-0.4, -0.2) is 35.7 Å². The number of H-pyrrole nitrogens is 1. The molecule has 1 aliphatic rings. The molecule has 0 radical (unpaired) electrons. The lowest BCUT2D eigenvalue weighted by molar-refractivity contribution is 0.0520. The summed E-state index contributed by atoms with van der Waals surface area (Å²) >= 11 is 0. The third kappa shape index (κ3) is 4.33. The summed E-state index contributed by atoms with van der Waals surface area (Å²) in [5, 5.41) is 6.11. The van der Waals surface area contributed by atoms with Crippen LogP contribution in [0.4, 0.5) is 14.9 Å². The first-order chi connectivity index (χ1) is 14.2. The number of carbonyl (C=O) groups is 2. The summed E-state index contributed by atoms with van der Waals surface area (Å²) in [6.45, 7) is 5.60. The number of carbonyl (C=O) groups excluding carboxylic acids is 2. The van der Waals surface area contributed by atoms with Gasteiger partial charge in [0.2, 0.25) is 0 Å². The van der Waals surface area contributed by atoms with Crippen molar-refractivity contribution in [1.82, 2.24) is 10.3 Å². The van der Waals surface area contributed by atoms with Gasteiger partial charge in [0.05, 0.1) is 23.2 Å². The van der Waals surface area contributed by atoms with Crippen LogP contribution in [0.3, 0.4) is 0 Å². The standard InChI is InChI=1S/C22H22FN3O4.CH4/c1-22(2,3)30-21(28)25-9-10-29-16-11-12(14-5-4-8-24-14)17-19-15(26-20(17)27)7-6-13(23)18(16)19;/h4-8,11,24H,9-10H2,1-3H3,(H,25,28)(H,26,27);1H4. The molecule has 4 rings (SSSR count). The molecule has 0 saturated heterocycles. The van der Waals surface area contributed by atoms with Crippen LogP contribution in [0.5, 0.6) is 5.75 Å². The highest BCUT2D eigenvalue weighted by molar-refractivity contribution is 6.28. The Morgan fingerprint density at radius 2 is 1.97 bits per heavy atom. The number of aromatic amines is 1. The monoisotopic (exact) mass is 427 g/mol. The van der Waals surface area contributed by atoms with Crippen molar-refractivity contribution in [1.29, 1.82) is 0 Å². The zero-order valence-corrected chi connectivity index (χ0v) is 16.9. The summed E-state index contributed by atoms with van der Waals surface area (Å²) < 4.78 is 25.8. The fraction of sp³-hybridized carbons (Fsp3) is 0.304. The quantitative estimate of drug-likeness (QED) is 0.495. The maximum absolute atomic E-state index is 14.7. The lowest BCUT2D eigenvalue weighted by Crippen LogP contribution is -2.34. The van der Waals surface area contributed by atoms with Crippen LogP contribution < -0.4 is 15.4 Å². The van der Waals surface area contributed by atoms with Gasteiger partial charge in [-0.15, -0.1) is 0 Å². The molecular weight excluding hydrogens is 401 g/mol. The van der Waals surface area contributed by atoms with Crippen molar-refractivity contribution in [3.8, 4) is 17.0 Å². The SMILES string of the molecule is C.CC(C)(C)OC(=O)NCCOc1cc(-c2ccc[nH]2)c2c3c(ccc(F)c13)NC2=O. The van der Waals surface area contributed by atoms with E-state index in [2.05, 4.69) is 15.6 Å². The molecule has 8 heteroatoms. The second kappa shape index (κ2) is 8.29. The van der Waals surface area contributed by atoms with Gasteiger partial charge in [0.1, 0.15) is 23.8 Å². The molecule has 2 heterocycles. The van der Waals surface area contributed by atoms with E-state index in [0.717, 1.165) is 5.69 Å². The Morgan fingerprint density at radius 3 is 2.65 bits per heavy atom. The summed E-state index contributed by atoms with van der Waals surface area (Å²) in [5.74, 6) is -0.483. The Morgan fingerprint density at radius 1 is 1.19 bits per heavy atom. The molecule has 0 unspecified atom stereocenters. The molecule has 0 atom stereocenters. The van der Waals surface area contributed by atoms with Crippen LogP contribution in [0.25, 0.3) is 22.0 Å². The number of hydrogen-bond acceptors (Lipinski definition) is 4. The van der Waals surface area contributed by atoms with Crippen molar-refractivity contribution in [2.75, 3.05) is 18.5 Å². The fourth-order valence-corrected chi connectivity index (χ4v) is 3.47. The van der Waals surface area contributed by atoms with E-state index in [1.807, 2.05) is 12.1 Å². The number of amides is 2. The average molecular weight is 427 g/mol. The lowest BCUT2D eigenvalue weighted by atomic mass is 9.96. The molecule has 7 nitrogen and oxygen atoms in total. The molecule has 0 spiro atoms. The first-order valence-corrected chi connectivity index (χ1v) is 9.58. The zero-order chi connectivity index (χ0) is 21.5. The molecule has 1 aromatic heterocycles. The Kier molecular flexibility index (Phi) is 5.92. The van der Waals surface area contributed by atoms with E-state index in [-0.39, 0.29) is 31.9 Å². The van der Waals surface area contributed by atoms with Crippen LogP contribution in [0.15, 0.2) is 36.5 Å². The van der Waals surface area contributed by atoms with Crippen molar-refractivity contribution in [2.45, 2.75) is 33.8 Å². The van der Waals surface area contributed by atoms with E-state index in [0.29, 0.717) is 28.0 Å². The Labute approximate surface area is 179 Å². The summed E-state index contributed by atoms with van der Waals surface area (Å²) in [5.41, 5.74) is 1.68. The molecule has 2 amide bonds. The van der Waals surface area contributed by atoms with Gasteiger partial charge in [-0.3, -0.25) is 4.79 Å². The van der Waals surface area contributed by atoms with Gasteiger partial charge in [-0.2, -0.15) is 0 Å². The van der Waals surface area contributed by atoms with Crippen molar-refractivity contribution < 1.29 is 23.5 Å². The van der Waals surface area contributed by atoms with E-state index in [1.165, 1.54) is 6.07 Å². The Balaban J connectivity index is 0.00000272. The third-order valence-electron chi connectivity index (χ3n) is 4.59. The lowest BCUT2D eigenvalue weighted by Gasteiger charge is -2.20. The van der Waals surface area contributed by atoms with Gasteiger partial charge >= 0.3 is 6.09 Å². The van der Waals surface area contributed by atoms with E-state index in [1.54, 1.807) is 39.1 Å². The third-order valence-corrected chi connectivity index (χ3v) is 4.59. The number of alkyl carbamates (subject to hydrolysis) is 1. The molecule has 0 aliphatic carbocycles. The maximum Gasteiger partial charge on any atom is 0.407 e. The highest BCUT2D eigenvalue weighted by atomic mass is 19.1. The van der Waals surface area contributed by atoms with E-state index in [9.17, 15) is 14.0 Å². The number of ether oxygens (including phenoxy) is 2. The number of anilines is 1. The second-order valence-corrected chi connectivity index (χ2v) is 7.96. The summed E-state index contributed by atoms with van der Waals surface area (Å²) in [6.07, 6.45) is 1.19. The number of benzene rings is 2. The van der Waals surface area contributed by atoms with Crippen molar-refractivity contribution in [2.24, 2.45) is 0 Å².